The summed E-state index contributed by atoms with van der Waals surface area (Å²) in [4.78, 5) is 29.8. The minimum absolute atomic E-state index is 0.342. The second-order valence-corrected chi connectivity index (χ2v) is 7.88. The van der Waals surface area contributed by atoms with Crippen molar-refractivity contribution in [3.05, 3.63) is 35.4 Å². The highest BCUT2D eigenvalue weighted by molar-refractivity contribution is 6.20. The number of hydrogen-bond acceptors (Lipinski definition) is 3. The first-order chi connectivity index (χ1) is 13.8. The molecule has 1 aliphatic rings. The van der Waals surface area contributed by atoms with Crippen molar-refractivity contribution in [3.8, 4) is 0 Å². The highest BCUT2D eigenvalue weighted by Gasteiger charge is 2.36. The van der Waals surface area contributed by atoms with Gasteiger partial charge in [0.15, 0.2) is 0 Å². The monoisotopic (exact) mass is 387 g/mol. The van der Waals surface area contributed by atoms with E-state index in [-0.39, 0.29) is 11.8 Å². The number of rotatable bonds is 16. The summed E-state index contributed by atoms with van der Waals surface area (Å²) < 4.78 is 0. The predicted molar refractivity (Wildman–Crippen MR) is 113 cm³/mol. The van der Waals surface area contributed by atoms with Crippen LogP contribution in [-0.4, -0.2) is 23.5 Å². The molecule has 0 aromatic heterocycles. The Bertz CT molecular complexity index is 564. The van der Waals surface area contributed by atoms with Gasteiger partial charge in [0.25, 0.3) is 11.8 Å². The van der Waals surface area contributed by atoms with Crippen LogP contribution >= 0.6 is 0 Å². The molecule has 28 heavy (non-hydrogen) atoms. The van der Waals surface area contributed by atoms with Crippen LogP contribution in [-0.2, 0) is 4.84 Å². The number of amides is 2. The summed E-state index contributed by atoms with van der Waals surface area (Å²) in [5, 5.41) is 0.924. The lowest BCUT2D eigenvalue weighted by Crippen LogP contribution is -2.30. The van der Waals surface area contributed by atoms with Crippen molar-refractivity contribution in [1.29, 1.82) is 0 Å². The van der Waals surface area contributed by atoms with E-state index < -0.39 is 0 Å². The third kappa shape index (κ3) is 7.38. The standard InChI is InChI=1S/C24H37NO3/c1-2-3-4-5-6-7-8-9-10-11-12-13-14-17-20-28-25-23(26)21-18-15-16-19-22(21)24(25)27/h15-16,18-19H,2-14,17,20H2,1H3. The van der Waals surface area contributed by atoms with E-state index in [4.69, 9.17) is 4.84 Å². The molecule has 2 rings (SSSR count). The molecule has 1 aliphatic heterocycles. The maximum atomic E-state index is 12.2. The molecular formula is C24H37NO3. The Morgan fingerprint density at radius 3 is 1.46 bits per heavy atom. The first kappa shape index (κ1) is 22.6. The number of hydrogen-bond donors (Lipinski definition) is 0. The summed E-state index contributed by atoms with van der Waals surface area (Å²) in [6, 6.07) is 6.87. The van der Waals surface area contributed by atoms with Gasteiger partial charge in [-0.2, -0.15) is 0 Å². The van der Waals surface area contributed by atoms with Crippen molar-refractivity contribution in [2.24, 2.45) is 0 Å². The van der Waals surface area contributed by atoms with Gasteiger partial charge in [0, 0.05) is 0 Å². The topological polar surface area (TPSA) is 46.6 Å². The van der Waals surface area contributed by atoms with E-state index in [1.54, 1.807) is 24.3 Å². The molecule has 0 bridgehead atoms. The summed E-state index contributed by atoms with van der Waals surface area (Å²) >= 11 is 0. The zero-order valence-electron chi connectivity index (χ0n) is 17.6. The highest BCUT2D eigenvalue weighted by atomic mass is 16.7. The van der Waals surface area contributed by atoms with E-state index in [0.717, 1.165) is 17.9 Å². The van der Waals surface area contributed by atoms with E-state index in [0.29, 0.717) is 17.7 Å². The molecule has 1 aromatic carbocycles. The van der Waals surface area contributed by atoms with Crippen LogP contribution in [0.15, 0.2) is 24.3 Å². The van der Waals surface area contributed by atoms with Crippen LogP contribution in [0.5, 0.6) is 0 Å². The summed E-state index contributed by atoms with van der Waals surface area (Å²) in [5.41, 5.74) is 0.877. The fraction of sp³-hybridized carbons (Fsp3) is 0.667. The van der Waals surface area contributed by atoms with E-state index in [1.165, 1.54) is 77.0 Å². The van der Waals surface area contributed by atoms with Gasteiger partial charge in [-0.1, -0.05) is 103 Å². The van der Waals surface area contributed by atoms with Crippen LogP contribution in [0.1, 0.15) is 118 Å². The molecule has 4 nitrogen and oxygen atoms in total. The zero-order valence-corrected chi connectivity index (χ0v) is 17.6. The number of hydroxylamine groups is 2. The van der Waals surface area contributed by atoms with Gasteiger partial charge in [0.1, 0.15) is 0 Å². The Labute approximate surface area is 170 Å². The summed E-state index contributed by atoms with van der Waals surface area (Å²) in [5.74, 6) is -0.683. The van der Waals surface area contributed by atoms with E-state index >= 15 is 0 Å². The molecule has 1 heterocycles. The van der Waals surface area contributed by atoms with Crippen molar-refractivity contribution in [1.82, 2.24) is 5.06 Å². The fourth-order valence-corrected chi connectivity index (χ4v) is 3.74. The lowest BCUT2D eigenvalue weighted by Gasteiger charge is -2.13. The molecule has 0 spiro atoms. The molecule has 0 saturated heterocycles. The number of carbonyl (C=O) groups is 2. The van der Waals surface area contributed by atoms with Crippen LogP contribution in [0.2, 0.25) is 0 Å². The molecule has 156 valence electrons. The molecule has 0 atom stereocenters. The molecule has 4 heteroatoms. The molecule has 0 aliphatic carbocycles. The normalized spacial score (nSPS) is 13.4. The predicted octanol–water partition coefficient (Wildman–Crippen LogP) is 6.70. The van der Waals surface area contributed by atoms with Gasteiger partial charge in [-0.3, -0.25) is 14.4 Å². The van der Waals surface area contributed by atoms with Crippen LogP contribution in [0.25, 0.3) is 0 Å². The maximum absolute atomic E-state index is 12.2. The first-order valence-electron chi connectivity index (χ1n) is 11.4. The van der Waals surface area contributed by atoms with Crippen molar-refractivity contribution in [2.75, 3.05) is 6.61 Å². The molecule has 0 fully saturated rings. The Balaban J connectivity index is 1.40. The maximum Gasteiger partial charge on any atom is 0.285 e. The van der Waals surface area contributed by atoms with Gasteiger partial charge in [-0.05, 0) is 18.6 Å². The van der Waals surface area contributed by atoms with Crippen LogP contribution in [0.3, 0.4) is 0 Å². The van der Waals surface area contributed by atoms with Crippen LogP contribution in [0.4, 0.5) is 0 Å². The van der Waals surface area contributed by atoms with Crippen molar-refractivity contribution < 1.29 is 14.4 Å². The molecule has 0 N–H and O–H groups in total. The van der Waals surface area contributed by atoms with Crippen molar-refractivity contribution in [3.63, 3.8) is 0 Å². The fourth-order valence-electron chi connectivity index (χ4n) is 3.74. The zero-order chi connectivity index (χ0) is 20.0. The van der Waals surface area contributed by atoms with E-state index in [2.05, 4.69) is 6.92 Å². The van der Waals surface area contributed by atoms with Gasteiger partial charge in [-0.15, -0.1) is 5.06 Å². The van der Waals surface area contributed by atoms with Gasteiger partial charge < -0.3 is 0 Å². The molecule has 1 aromatic rings. The molecule has 0 radical (unpaired) electrons. The average molecular weight is 388 g/mol. The van der Waals surface area contributed by atoms with E-state index in [1.807, 2.05) is 0 Å². The van der Waals surface area contributed by atoms with Crippen molar-refractivity contribution >= 4 is 11.8 Å². The molecule has 0 saturated carbocycles. The summed E-state index contributed by atoms with van der Waals surface area (Å²) in [6.07, 6.45) is 18.2. The lowest BCUT2D eigenvalue weighted by molar-refractivity contribution is -0.0922. The Morgan fingerprint density at radius 1 is 0.643 bits per heavy atom. The minimum Gasteiger partial charge on any atom is -0.266 e. The lowest BCUT2D eigenvalue weighted by atomic mass is 10.0. The quantitative estimate of drug-likeness (QED) is 0.234. The average Bonchev–Trinajstić information content (AvgIpc) is 2.96. The third-order valence-corrected chi connectivity index (χ3v) is 5.48. The van der Waals surface area contributed by atoms with Gasteiger partial charge in [0.05, 0.1) is 17.7 Å². The second kappa shape index (κ2) is 13.5. The Morgan fingerprint density at radius 2 is 1.04 bits per heavy atom. The third-order valence-electron chi connectivity index (χ3n) is 5.48. The van der Waals surface area contributed by atoms with Gasteiger partial charge >= 0.3 is 0 Å². The first-order valence-corrected chi connectivity index (χ1v) is 11.4. The second-order valence-electron chi connectivity index (χ2n) is 7.88. The minimum atomic E-state index is -0.342. The number of unbranched alkanes of at least 4 members (excludes halogenated alkanes) is 13. The molecule has 0 unspecified atom stereocenters. The molecule has 2 amide bonds. The number of imide groups is 1. The van der Waals surface area contributed by atoms with Gasteiger partial charge in [-0.25, -0.2) is 0 Å². The number of nitrogens with zero attached hydrogens (tertiary/aromatic N) is 1. The largest absolute Gasteiger partial charge is 0.285 e. The Hall–Kier alpha value is -1.68. The smallest absolute Gasteiger partial charge is 0.266 e. The Kier molecular flexibility index (Phi) is 10.9. The van der Waals surface area contributed by atoms with E-state index in [9.17, 15) is 9.59 Å². The SMILES string of the molecule is CCCCCCCCCCCCCCCCON1C(=O)c2ccccc2C1=O. The summed E-state index contributed by atoms with van der Waals surface area (Å²) in [6.45, 7) is 2.69. The number of benzene rings is 1. The van der Waals surface area contributed by atoms with Gasteiger partial charge in [0.2, 0.25) is 0 Å². The summed E-state index contributed by atoms with van der Waals surface area (Å²) in [7, 11) is 0. The number of fused-ring (bicyclic) bond motifs is 1. The van der Waals surface area contributed by atoms with Crippen LogP contribution in [0, 0.1) is 0 Å². The highest BCUT2D eigenvalue weighted by Crippen LogP contribution is 2.22. The van der Waals surface area contributed by atoms with Crippen LogP contribution < -0.4 is 0 Å². The number of carbonyl (C=O) groups excluding carboxylic acids is 2. The molecular weight excluding hydrogens is 350 g/mol. The van der Waals surface area contributed by atoms with Crippen molar-refractivity contribution in [2.45, 2.75) is 96.8 Å².